The molecule has 7 nitrogen and oxygen atoms in total. The average Bonchev–Trinajstić information content (AvgIpc) is 2.68. The number of methoxy groups -OCH3 is 1. The molecule has 0 saturated heterocycles. The Balaban J connectivity index is 1.94. The van der Waals surface area contributed by atoms with E-state index in [0.717, 1.165) is 5.56 Å². The minimum atomic E-state index is -0.493. The maximum absolute atomic E-state index is 11.5. The monoisotopic (exact) mass is 349 g/mol. The van der Waals surface area contributed by atoms with Crippen LogP contribution in [0.3, 0.4) is 0 Å². The third-order valence-electron chi connectivity index (χ3n) is 3.71. The highest BCUT2D eigenvalue weighted by Crippen LogP contribution is 2.29. The Bertz CT molecular complexity index is 941. The maximum atomic E-state index is 11.5. The molecule has 0 amide bonds. The van der Waals surface area contributed by atoms with Crippen molar-refractivity contribution in [3.8, 4) is 11.3 Å². The molecule has 3 aromatic rings. The standard InChI is InChI=1S/C19H15N3O4/c1-26-19(23)14-7-9-15(10-8-14)20-18-17(22(24)25)12-11-16(21-18)13-5-3-2-4-6-13/h2-12H,1H3,(H,20,21). The van der Waals surface area contributed by atoms with Crippen molar-refractivity contribution < 1.29 is 14.5 Å². The van der Waals surface area contributed by atoms with Crippen molar-refractivity contribution in [2.24, 2.45) is 0 Å². The molecule has 26 heavy (non-hydrogen) atoms. The normalized spacial score (nSPS) is 10.2. The fraction of sp³-hybridized carbons (Fsp3) is 0.0526. The highest BCUT2D eigenvalue weighted by Gasteiger charge is 2.17. The van der Waals surface area contributed by atoms with Gasteiger partial charge in [-0.05, 0) is 30.3 Å². The number of anilines is 2. The van der Waals surface area contributed by atoms with E-state index < -0.39 is 10.9 Å². The van der Waals surface area contributed by atoms with Gasteiger partial charge < -0.3 is 10.1 Å². The van der Waals surface area contributed by atoms with E-state index in [1.165, 1.54) is 13.2 Å². The number of nitrogens with zero attached hydrogens (tertiary/aromatic N) is 2. The molecule has 1 N–H and O–H groups in total. The lowest BCUT2D eigenvalue weighted by atomic mass is 10.1. The molecule has 0 radical (unpaired) electrons. The molecule has 2 aromatic carbocycles. The molecule has 0 aliphatic heterocycles. The number of rotatable bonds is 5. The predicted molar refractivity (Wildman–Crippen MR) is 97.4 cm³/mol. The highest BCUT2D eigenvalue weighted by molar-refractivity contribution is 5.89. The van der Waals surface area contributed by atoms with E-state index in [2.05, 4.69) is 15.0 Å². The molecule has 0 unspecified atom stereocenters. The molecular weight excluding hydrogens is 334 g/mol. The van der Waals surface area contributed by atoms with Crippen molar-refractivity contribution in [2.45, 2.75) is 0 Å². The van der Waals surface area contributed by atoms with E-state index in [1.807, 2.05) is 30.3 Å². The van der Waals surface area contributed by atoms with Crippen LogP contribution in [0.15, 0.2) is 66.7 Å². The number of pyridine rings is 1. The Labute approximate surface area is 149 Å². The summed E-state index contributed by atoms with van der Waals surface area (Å²) >= 11 is 0. The number of carbonyl (C=O) groups is 1. The van der Waals surface area contributed by atoms with Crippen molar-refractivity contribution in [1.29, 1.82) is 0 Å². The molecule has 0 saturated carbocycles. The fourth-order valence-corrected chi connectivity index (χ4v) is 2.41. The van der Waals surface area contributed by atoms with Crippen LogP contribution >= 0.6 is 0 Å². The Morgan fingerprint density at radius 1 is 1.04 bits per heavy atom. The number of ether oxygens (including phenoxy) is 1. The zero-order chi connectivity index (χ0) is 18.5. The SMILES string of the molecule is COC(=O)c1ccc(Nc2nc(-c3ccccc3)ccc2[N+](=O)[O-])cc1. The number of hydrogen-bond acceptors (Lipinski definition) is 6. The Hall–Kier alpha value is -3.74. The summed E-state index contributed by atoms with van der Waals surface area (Å²) in [5.74, 6) is -0.325. The third kappa shape index (κ3) is 3.67. The zero-order valence-corrected chi connectivity index (χ0v) is 13.9. The van der Waals surface area contributed by atoms with Crippen LogP contribution in [-0.4, -0.2) is 23.0 Å². The van der Waals surface area contributed by atoms with Crippen molar-refractivity contribution in [3.63, 3.8) is 0 Å². The predicted octanol–water partition coefficient (Wildman–Crippen LogP) is 4.19. The summed E-state index contributed by atoms with van der Waals surface area (Å²) in [6.07, 6.45) is 0. The minimum Gasteiger partial charge on any atom is -0.465 e. The Morgan fingerprint density at radius 2 is 1.73 bits per heavy atom. The fourth-order valence-electron chi connectivity index (χ4n) is 2.41. The van der Waals surface area contributed by atoms with E-state index >= 15 is 0 Å². The van der Waals surface area contributed by atoms with Gasteiger partial charge in [0.05, 0.1) is 23.3 Å². The second-order valence-corrected chi connectivity index (χ2v) is 5.38. The van der Waals surface area contributed by atoms with Crippen LogP contribution in [0.4, 0.5) is 17.2 Å². The second-order valence-electron chi connectivity index (χ2n) is 5.38. The van der Waals surface area contributed by atoms with Gasteiger partial charge in [0.1, 0.15) is 0 Å². The summed E-state index contributed by atoms with van der Waals surface area (Å²) in [5.41, 5.74) is 2.29. The lowest BCUT2D eigenvalue weighted by molar-refractivity contribution is -0.384. The summed E-state index contributed by atoms with van der Waals surface area (Å²) in [5, 5.41) is 14.2. The van der Waals surface area contributed by atoms with Gasteiger partial charge in [0.15, 0.2) is 0 Å². The van der Waals surface area contributed by atoms with Crippen molar-refractivity contribution >= 4 is 23.2 Å². The minimum absolute atomic E-state index is 0.127. The largest absolute Gasteiger partial charge is 0.465 e. The van der Waals surface area contributed by atoms with Crippen molar-refractivity contribution in [2.75, 3.05) is 12.4 Å². The number of nitrogens with one attached hydrogen (secondary N) is 1. The first-order valence-electron chi connectivity index (χ1n) is 7.75. The Morgan fingerprint density at radius 3 is 2.35 bits per heavy atom. The van der Waals surface area contributed by atoms with E-state index in [1.54, 1.807) is 30.3 Å². The van der Waals surface area contributed by atoms with Gasteiger partial charge in [0.25, 0.3) is 0 Å². The number of benzene rings is 2. The summed E-state index contributed by atoms with van der Waals surface area (Å²) in [4.78, 5) is 26.7. The third-order valence-corrected chi connectivity index (χ3v) is 3.71. The molecule has 130 valence electrons. The van der Waals surface area contributed by atoms with Gasteiger partial charge in [-0.15, -0.1) is 0 Å². The van der Waals surface area contributed by atoms with Gasteiger partial charge in [-0.25, -0.2) is 9.78 Å². The second kappa shape index (κ2) is 7.43. The van der Waals surface area contributed by atoms with Gasteiger partial charge in [-0.2, -0.15) is 0 Å². The molecule has 0 atom stereocenters. The summed E-state index contributed by atoms with van der Waals surface area (Å²) in [6, 6.07) is 18.8. The van der Waals surface area contributed by atoms with Crippen LogP contribution in [0.1, 0.15) is 10.4 Å². The number of hydrogen-bond donors (Lipinski definition) is 1. The highest BCUT2D eigenvalue weighted by atomic mass is 16.6. The molecule has 0 bridgehead atoms. The van der Waals surface area contributed by atoms with Gasteiger partial charge in [0.2, 0.25) is 5.82 Å². The molecule has 0 spiro atoms. The number of nitro groups is 1. The summed E-state index contributed by atoms with van der Waals surface area (Å²) in [7, 11) is 1.30. The smallest absolute Gasteiger partial charge is 0.337 e. The van der Waals surface area contributed by atoms with E-state index in [0.29, 0.717) is 16.9 Å². The zero-order valence-electron chi connectivity index (χ0n) is 13.9. The number of carbonyl (C=O) groups excluding carboxylic acids is 1. The summed E-state index contributed by atoms with van der Waals surface area (Å²) in [6.45, 7) is 0. The number of aromatic nitrogens is 1. The van der Waals surface area contributed by atoms with E-state index in [9.17, 15) is 14.9 Å². The van der Waals surface area contributed by atoms with Crippen LogP contribution in [0.2, 0.25) is 0 Å². The first-order valence-corrected chi connectivity index (χ1v) is 7.75. The van der Waals surface area contributed by atoms with Crippen LogP contribution in [-0.2, 0) is 4.74 Å². The van der Waals surface area contributed by atoms with Gasteiger partial charge in [-0.3, -0.25) is 10.1 Å². The van der Waals surface area contributed by atoms with Gasteiger partial charge >= 0.3 is 11.7 Å². The van der Waals surface area contributed by atoms with Crippen LogP contribution in [0.5, 0.6) is 0 Å². The maximum Gasteiger partial charge on any atom is 0.337 e. The van der Waals surface area contributed by atoms with E-state index in [4.69, 9.17) is 0 Å². The van der Waals surface area contributed by atoms with Gasteiger partial charge in [0, 0.05) is 17.3 Å². The molecular formula is C19H15N3O4. The van der Waals surface area contributed by atoms with Crippen molar-refractivity contribution in [3.05, 3.63) is 82.4 Å². The quantitative estimate of drug-likeness (QED) is 0.422. The Kier molecular flexibility index (Phi) is 4.89. The first-order chi connectivity index (χ1) is 12.6. The molecule has 0 aliphatic carbocycles. The molecule has 0 fully saturated rings. The first kappa shape index (κ1) is 17.1. The summed E-state index contributed by atoms with van der Waals surface area (Å²) < 4.78 is 4.65. The molecule has 3 rings (SSSR count). The van der Waals surface area contributed by atoms with Crippen LogP contribution < -0.4 is 5.32 Å². The van der Waals surface area contributed by atoms with Crippen molar-refractivity contribution in [1.82, 2.24) is 4.98 Å². The molecule has 1 heterocycles. The van der Waals surface area contributed by atoms with Crippen LogP contribution in [0.25, 0.3) is 11.3 Å². The van der Waals surface area contributed by atoms with E-state index in [-0.39, 0.29) is 11.5 Å². The van der Waals surface area contributed by atoms with Gasteiger partial charge in [-0.1, -0.05) is 30.3 Å². The van der Waals surface area contributed by atoms with Crippen LogP contribution in [0, 0.1) is 10.1 Å². The lowest BCUT2D eigenvalue weighted by Crippen LogP contribution is -2.03. The topological polar surface area (TPSA) is 94.4 Å². The number of esters is 1. The molecule has 0 aliphatic rings. The lowest BCUT2D eigenvalue weighted by Gasteiger charge is -2.09. The molecule has 1 aromatic heterocycles. The molecule has 7 heteroatoms. The average molecular weight is 349 g/mol.